The SMILES string of the molecule is C.C.C.C.COc1cc(OC)cc(N(CCCN2CCC(O)C2)c2ccc3ncc(-c4cnn(C)c4)nc3c2)c1.COc1cc(OC)cc(N(CCCN2CCCC2)c2ccc3ncc(-c4cnn(CCS(C)(=O)=O)c4)nc3c2)c1.COc1cc(OC)cc(N(CCNC2CC2)c2ccc3ncc(-c4cnn(C)c4)nc3c2)c1.COc1cc(OC)cc(N(CCNC2CCCC2)c2ccc3ncc(-c4cnn(C)c4)nc3c2)c1. The topological polar surface area (TPSA) is 346 Å². The Hall–Kier alpha value is -14.7. The smallest absolute Gasteiger partial charge is 0.149 e. The summed E-state index contributed by atoms with van der Waals surface area (Å²) >= 11 is 0. The van der Waals surface area contributed by atoms with E-state index in [4.69, 9.17) is 57.8 Å². The Kier molecular flexibility index (Phi) is 38.9. The standard InChI is InChI=1S/C29H36N6O4S.C27H32N6O3.C27H32N6O2.C25H28N6O2.4CH4/c1-38-25-15-24(16-26(18-25)39-2)35(12-6-11-33-9-4-5-10-33)23-7-8-27-28(17-23)32-29(20-30-27)22-19-31-34(21-22)13-14-40(3,36)37;1-31-17-19(15-29-31)27-16-28-25-6-5-20(13-26(25)30-27)33(9-4-8-32-10-7-22(34)18-32)21-11-23(35-2)14-24(12-21)36-3;1-32-18-19(16-30-32)27-17-29-25-9-8-21(14-26(25)31-27)33(11-10-28-20-6-4-5-7-20)22-12-23(34-2)15-24(13-22)35-3;1-30-16-17(14-28-30)25-15-27-23-7-6-19(12-24(23)29-25)31(9-8-26-18-4-5-18)20-10-21(32-2)13-22(11-20)33-3;;;;/h7-8,15-21H,4-6,9-14H2,1-3H3;5-6,11-17,22,34H,4,7-10,18H2,1-3H3;8-9,12-18,20,28H,4-7,10-11H2,1-3H3;6-7,10-16,18,26H,4-5,8-9H2,1-3H3;4*1H4. The zero-order valence-corrected chi connectivity index (χ0v) is 84.8. The molecule has 2 aliphatic carbocycles. The molecule has 2 saturated carbocycles. The molecule has 784 valence electrons. The molecule has 20 rings (SSSR count). The number of aryl methyl sites for hydroxylation is 4. The monoisotopic (exact) mass is 2030 g/mol. The highest BCUT2D eigenvalue weighted by molar-refractivity contribution is 7.90. The number of anilines is 8. The molecule has 4 aliphatic rings. The van der Waals surface area contributed by atoms with Gasteiger partial charge in [-0.25, -0.2) is 28.4 Å². The van der Waals surface area contributed by atoms with Crippen molar-refractivity contribution in [1.82, 2.24) is 99.4 Å². The molecule has 2 saturated heterocycles. The van der Waals surface area contributed by atoms with E-state index in [0.29, 0.717) is 24.3 Å². The van der Waals surface area contributed by atoms with E-state index in [0.717, 1.165) is 260 Å². The van der Waals surface area contributed by atoms with Gasteiger partial charge >= 0.3 is 0 Å². The van der Waals surface area contributed by atoms with Gasteiger partial charge in [-0.2, -0.15) is 20.4 Å². The number of sulfone groups is 1. The summed E-state index contributed by atoms with van der Waals surface area (Å²) in [5, 5.41) is 34.3. The molecule has 8 aromatic heterocycles. The molecule has 1 unspecified atom stereocenters. The average molecular weight is 2030 g/mol. The quantitative estimate of drug-likeness (QED) is 0.0322. The van der Waals surface area contributed by atoms with Gasteiger partial charge in [-0.15, -0.1) is 0 Å². The van der Waals surface area contributed by atoms with Crippen LogP contribution in [-0.2, 0) is 37.5 Å². The van der Waals surface area contributed by atoms with Crippen LogP contribution in [0.15, 0.2) is 220 Å². The summed E-state index contributed by atoms with van der Waals surface area (Å²) in [5.41, 5.74) is 21.3. The van der Waals surface area contributed by atoms with Crippen LogP contribution in [0.5, 0.6) is 46.0 Å². The molecule has 0 amide bonds. The molecule has 10 heterocycles. The number of β-amino-alcohol motifs (C(OH)–C–C–N with tert-alkyl or cyclic N) is 1. The number of fused-ring (bicyclic) bond motifs is 4. The second kappa shape index (κ2) is 52.1. The number of aliphatic hydroxyl groups is 1. The van der Waals surface area contributed by atoms with Crippen molar-refractivity contribution >= 4 is 99.5 Å². The van der Waals surface area contributed by atoms with Gasteiger partial charge in [0.25, 0.3) is 0 Å². The molecular formula is C112H144N24O11S. The normalized spacial score (nSPS) is 13.9. The van der Waals surface area contributed by atoms with E-state index in [1.54, 1.807) is 125 Å². The summed E-state index contributed by atoms with van der Waals surface area (Å²) in [6.45, 7) is 11.3. The van der Waals surface area contributed by atoms with Crippen molar-refractivity contribution < 1.29 is 51.4 Å². The third-order valence-corrected chi connectivity index (χ3v) is 27.1. The van der Waals surface area contributed by atoms with E-state index < -0.39 is 9.84 Å². The van der Waals surface area contributed by atoms with Crippen LogP contribution in [0.1, 0.15) is 100 Å². The Morgan fingerprint density at radius 2 is 0.642 bits per heavy atom. The number of benzene rings is 8. The summed E-state index contributed by atoms with van der Waals surface area (Å²) in [6.07, 6.45) is 35.9. The van der Waals surface area contributed by atoms with Crippen molar-refractivity contribution in [3.05, 3.63) is 220 Å². The molecule has 0 spiro atoms. The van der Waals surface area contributed by atoms with Crippen LogP contribution in [0.25, 0.3) is 89.2 Å². The maximum atomic E-state index is 11.5. The van der Waals surface area contributed by atoms with Crippen LogP contribution in [0, 0.1) is 0 Å². The number of likely N-dealkylation sites (tertiary alicyclic amines) is 2. The lowest BCUT2D eigenvalue weighted by molar-refractivity contribution is 0.176. The molecule has 8 aromatic carbocycles. The average Bonchev–Trinajstić information content (AvgIpc) is 1.20. The highest BCUT2D eigenvalue weighted by Gasteiger charge is 2.27. The number of aromatic nitrogens is 16. The summed E-state index contributed by atoms with van der Waals surface area (Å²) in [5.74, 6) is 5.98. The van der Waals surface area contributed by atoms with E-state index in [-0.39, 0.29) is 41.6 Å². The summed E-state index contributed by atoms with van der Waals surface area (Å²) in [4.78, 5) is 52.0. The first-order chi connectivity index (χ1) is 70.1. The van der Waals surface area contributed by atoms with Crippen molar-refractivity contribution in [3.8, 4) is 91.0 Å². The van der Waals surface area contributed by atoms with Crippen molar-refractivity contribution in [2.24, 2.45) is 21.1 Å². The van der Waals surface area contributed by atoms with Crippen LogP contribution in [0.3, 0.4) is 0 Å². The van der Waals surface area contributed by atoms with Crippen LogP contribution >= 0.6 is 0 Å². The van der Waals surface area contributed by atoms with Gasteiger partial charge in [-0.1, -0.05) is 42.5 Å². The Morgan fingerprint density at radius 3 is 0.932 bits per heavy atom. The zero-order chi connectivity index (χ0) is 100. The fourth-order valence-electron chi connectivity index (χ4n) is 18.3. The van der Waals surface area contributed by atoms with Gasteiger partial charge in [0.2, 0.25) is 0 Å². The third-order valence-electron chi connectivity index (χ3n) is 26.2. The van der Waals surface area contributed by atoms with Gasteiger partial charge < -0.3 is 83.0 Å². The highest BCUT2D eigenvalue weighted by atomic mass is 32.2. The first-order valence-electron chi connectivity index (χ1n) is 49.0. The molecule has 2 aliphatic heterocycles. The minimum Gasteiger partial charge on any atom is -0.497 e. The van der Waals surface area contributed by atoms with E-state index >= 15 is 0 Å². The Morgan fingerprint density at radius 1 is 0.338 bits per heavy atom. The molecule has 35 nitrogen and oxygen atoms in total. The van der Waals surface area contributed by atoms with Crippen molar-refractivity contribution in [2.75, 3.05) is 167 Å². The minimum atomic E-state index is -3.08. The molecule has 36 heteroatoms. The largest absolute Gasteiger partial charge is 0.497 e. The van der Waals surface area contributed by atoms with Crippen LogP contribution < -0.4 is 68.1 Å². The number of nitrogens with zero attached hydrogens (tertiary/aromatic N) is 22. The van der Waals surface area contributed by atoms with Crippen LogP contribution in [-0.4, -0.2) is 268 Å². The maximum absolute atomic E-state index is 11.5. The third kappa shape index (κ3) is 29.0. The number of hydrogen-bond acceptors (Lipinski definition) is 31. The van der Waals surface area contributed by atoms with E-state index in [9.17, 15) is 13.5 Å². The summed E-state index contributed by atoms with van der Waals surface area (Å²) in [6, 6.07) is 49.7. The number of ether oxygens (including phenoxy) is 8. The zero-order valence-electron chi connectivity index (χ0n) is 84.0. The first-order valence-corrected chi connectivity index (χ1v) is 51.0. The predicted molar refractivity (Wildman–Crippen MR) is 592 cm³/mol. The minimum absolute atomic E-state index is 0. The van der Waals surface area contributed by atoms with Gasteiger partial charge in [0.1, 0.15) is 55.8 Å². The van der Waals surface area contributed by atoms with Crippen molar-refractivity contribution in [3.63, 3.8) is 0 Å². The fourth-order valence-corrected chi connectivity index (χ4v) is 18.8. The molecule has 148 heavy (non-hydrogen) atoms. The number of methoxy groups -OCH3 is 8. The lowest BCUT2D eigenvalue weighted by Crippen LogP contribution is -2.34. The van der Waals surface area contributed by atoms with Gasteiger partial charge in [-0.3, -0.25) is 38.7 Å². The van der Waals surface area contributed by atoms with E-state index in [1.807, 2.05) is 143 Å². The Labute approximate surface area is 869 Å². The Balaban J connectivity index is 0.000000164. The summed E-state index contributed by atoms with van der Waals surface area (Å²) < 4.78 is 74.4. The fraction of sp³-hybridized carbons (Fsp3) is 0.393. The number of nitrogens with one attached hydrogen (secondary N) is 2. The summed E-state index contributed by atoms with van der Waals surface area (Å²) in [7, 11) is 15.9. The number of rotatable bonds is 39. The second-order valence-corrected chi connectivity index (χ2v) is 38.9. The number of hydrogen-bond donors (Lipinski definition) is 3. The van der Waals surface area contributed by atoms with Crippen LogP contribution in [0.4, 0.5) is 45.5 Å². The first kappa shape index (κ1) is 111. The lowest BCUT2D eigenvalue weighted by atomic mass is 10.1. The molecule has 4 fully saturated rings. The Bertz CT molecular complexity index is 7060. The van der Waals surface area contributed by atoms with Crippen LogP contribution in [0.2, 0.25) is 0 Å². The van der Waals surface area contributed by atoms with Gasteiger partial charge in [0, 0.05) is 257 Å². The molecule has 0 bridgehead atoms. The molecular weight excluding hydrogens is 1890 g/mol. The van der Waals surface area contributed by atoms with Crippen molar-refractivity contribution in [2.45, 2.75) is 125 Å². The van der Waals surface area contributed by atoms with Gasteiger partial charge in [-0.05, 0) is 157 Å². The number of aliphatic hydroxyl groups excluding tert-OH is 1. The lowest BCUT2D eigenvalue weighted by Gasteiger charge is -2.27. The second-order valence-electron chi connectivity index (χ2n) is 36.6. The van der Waals surface area contributed by atoms with E-state index in [1.165, 1.54) is 70.7 Å². The molecule has 3 N–H and O–H groups in total. The molecule has 0 radical (unpaired) electrons. The van der Waals surface area contributed by atoms with Gasteiger partial charge in [0.05, 0.1) is 192 Å². The highest BCUT2D eigenvalue weighted by Crippen LogP contribution is 2.41. The molecule has 1 atom stereocenters. The molecule has 16 aromatic rings. The van der Waals surface area contributed by atoms with Crippen molar-refractivity contribution in [1.29, 1.82) is 0 Å². The predicted octanol–water partition coefficient (Wildman–Crippen LogP) is 19.0. The maximum Gasteiger partial charge on any atom is 0.149 e. The van der Waals surface area contributed by atoms with E-state index in [2.05, 4.69) is 129 Å². The van der Waals surface area contributed by atoms with Gasteiger partial charge in [0.15, 0.2) is 0 Å².